The van der Waals surface area contributed by atoms with Crippen LogP contribution in [0.5, 0.6) is 0 Å². The number of hydrogen-bond donors (Lipinski definition) is 0. The van der Waals surface area contributed by atoms with Gasteiger partial charge in [0.2, 0.25) is 15.9 Å². The highest BCUT2D eigenvalue weighted by Crippen LogP contribution is 2.39. The molecule has 0 aliphatic carbocycles. The summed E-state index contributed by atoms with van der Waals surface area (Å²) in [6, 6.07) is 0.697. The Balaban J connectivity index is 1.66. The second kappa shape index (κ2) is 13.7. The van der Waals surface area contributed by atoms with Crippen molar-refractivity contribution < 1.29 is 41.6 Å². The lowest BCUT2D eigenvalue weighted by atomic mass is 10.0. The first-order chi connectivity index (χ1) is 22.5. The van der Waals surface area contributed by atoms with Gasteiger partial charge < -0.3 is 19.3 Å². The molecule has 2 aliphatic rings. The fourth-order valence-corrected chi connectivity index (χ4v) is 8.41. The number of ether oxygens (including phenoxy) is 2. The number of nitrogens with zero attached hydrogens (tertiary/aromatic N) is 7. The number of aromatic nitrogens is 4. The van der Waals surface area contributed by atoms with Gasteiger partial charge in [0, 0.05) is 53.0 Å². The highest BCUT2D eigenvalue weighted by molar-refractivity contribution is 7.89. The van der Waals surface area contributed by atoms with E-state index in [1.54, 1.807) is 18.7 Å². The third-order valence-electron chi connectivity index (χ3n) is 8.14. The van der Waals surface area contributed by atoms with Crippen LogP contribution >= 0.6 is 11.3 Å². The summed E-state index contributed by atoms with van der Waals surface area (Å²) in [5.41, 5.74) is -2.07. The minimum absolute atomic E-state index is 0.0919. The molecule has 0 atom stereocenters. The van der Waals surface area contributed by atoms with Gasteiger partial charge in [0.25, 0.3) is 6.43 Å². The lowest BCUT2D eigenvalue weighted by Gasteiger charge is -2.46. The van der Waals surface area contributed by atoms with Gasteiger partial charge >= 0.3 is 0 Å². The van der Waals surface area contributed by atoms with Crippen LogP contribution in [0.2, 0.25) is 25.7 Å². The lowest BCUT2D eigenvalue weighted by molar-refractivity contribution is -0.141. The lowest BCUT2D eigenvalue weighted by Crippen LogP contribution is -2.65. The Morgan fingerprint density at radius 2 is 1.89 bits per heavy atom. The number of carbonyl (C=O) groups excluding carboxylic acids is 1. The molecule has 0 unspecified atom stereocenters. The fourth-order valence-electron chi connectivity index (χ4n) is 5.29. The number of anilines is 1. The molecular weight excluding hydrogens is 683 g/mol. The Bertz CT molecular complexity index is 1750. The summed E-state index contributed by atoms with van der Waals surface area (Å²) in [4.78, 5) is 19.1. The number of sulfonamides is 1. The van der Waals surface area contributed by atoms with Gasteiger partial charge in [-0.25, -0.2) is 31.0 Å². The van der Waals surface area contributed by atoms with E-state index in [0.29, 0.717) is 17.4 Å². The van der Waals surface area contributed by atoms with Crippen molar-refractivity contribution in [1.29, 1.82) is 0 Å². The number of amides is 1. The van der Waals surface area contributed by atoms with Crippen LogP contribution in [0.25, 0.3) is 16.3 Å². The summed E-state index contributed by atoms with van der Waals surface area (Å²) in [6.07, 6.45) is -2.49. The molecule has 12 nitrogen and oxygen atoms in total. The number of halogens is 4. The summed E-state index contributed by atoms with van der Waals surface area (Å²) < 4.78 is 109. The van der Waals surface area contributed by atoms with Crippen molar-refractivity contribution in [2.45, 2.75) is 56.4 Å². The second-order valence-corrected chi connectivity index (χ2v) is 21.6. The number of hydrogen-bond acceptors (Lipinski definition) is 10. The first-order valence-corrected chi connectivity index (χ1v) is 21.1. The van der Waals surface area contributed by atoms with E-state index in [4.69, 9.17) is 10.8 Å². The molecule has 2 aliphatic heterocycles. The molecule has 19 heteroatoms. The van der Waals surface area contributed by atoms with Gasteiger partial charge in [-0.15, -0.1) is 10.2 Å². The number of rotatable bonds is 13. The van der Waals surface area contributed by atoms with Gasteiger partial charge in [0.05, 0.1) is 26.3 Å². The number of fused-ring (bicyclic) bond motifs is 1. The van der Waals surface area contributed by atoms with Crippen molar-refractivity contribution >= 4 is 46.5 Å². The van der Waals surface area contributed by atoms with Gasteiger partial charge in [0.15, 0.2) is 21.7 Å². The molecule has 0 spiro atoms. The molecule has 47 heavy (non-hydrogen) atoms. The van der Waals surface area contributed by atoms with Gasteiger partial charge in [-0.1, -0.05) is 44.8 Å². The molecular formula is C28H39F4N7O5S2Si. The molecule has 260 valence electrons. The van der Waals surface area contributed by atoms with Crippen molar-refractivity contribution in [2.75, 3.05) is 64.3 Å². The minimum atomic E-state index is -4.89. The van der Waals surface area contributed by atoms with Crippen LogP contribution in [0, 0.1) is 11.7 Å². The molecule has 2 fully saturated rings. The molecule has 1 amide bonds. The van der Waals surface area contributed by atoms with Gasteiger partial charge in [-0.05, 0) is 6.04 Å². The summed E-state index contributed by atoms with van der Waals surface area (Å²) in [5.74, 6) is -1.78. The number of piperazine rings is 1. The zero-order valence-corrected chi connectivity index (χ0v) is 29.4. The third-order valence-corrected chi connectivity index (χ3v) is 12.7. The summed E-state index contributed by atoms with van der Waals surface area (Å²) >= 11 is 0.497. The maximum absolute atomic E-state index is 17.0. The quantitative estimate of drug-likeness (QED) is 0.110. The van der Waals surface area contributed by atoms with Crippen molar-refractivity contribution in [2.24, 2.45) is 5.92 Å². The highest BCUT2D eigenvalue weighted by atomic mass is 32.2. The average Bonchev–Trinajstić information content (AvgIpc) is 3.62. The van der Waals surface area contributed by atoms with Crippen molar-refractivity contribution in [3.63, 3.8) is 0 Å². The number of imidazole rings is 1. The van der Waals surface area contributed by atoms with Crippen LogP contribution in [-0.2, 0) is 24.3 Å². The highest BCUT2D eigenvalue weighted by Gasteiger charge is 2.51. The van der Waals surface area contributed by atoms with E-state index < -0.39 is 65.4 Å². The Labute approximate surface area is 277 Å². The minimum Gasteiger partial charge on any atom is -0.377 e. The van der Waals surface area contributed by atoms with Gasteiger partial charge in [-0.2, -0.15) is 4.31 Å². The van der Waals surface area contributed by atoms with E-state index in [9.17, 15) is 26.4 Å². The van der Waals surface area contributed by atoms with Crippen LogP contribution in [0.4, 0.5) is 23.2 Å². The summed E-state index contributed by atoms with van der Waals surface area (Å²) in [6.45, 7) is 8.39. The molecule has 0 saturated carbocycles. The zero-order chi connectivity index (χ0) is 35.2. The molecule has 2 saturated heterocycles. The van der Waals surface area contributed by atoms with Crippen LogP contribution in [0.1, 0.15) is 26.7 Å². The van der Waals surface area contributed by atoms with Crippen molar-refractivity contribution in [3.8, 4) is 10.8 Å². The molecule has 0 N–H and O–H groups in total. The van der Waals surface area contributed by atoms with Crippen molar-refractivity contribution in [3.05, 3.63) is 23.2 Å². The standard InChI is InChI=1S/C28H39F4N7O5S2Si/c1-18(2)27(40)37-8-6-36(7-9-37)22-19-12-33-24(26-35-34-25(45-26)23(31)32)38(19)13-20(21(22)30)46(41,42)39(28(14-29)15-44-16-28)17-43-10-11-47(3,4)5/h12-13,18,23H,6-11,14-17H2,1-5H3/i12D. The zero-order valence-electron chi connectivity index (χ0n) is 27.8. The van der Waals surface area contributed by atoms with Crippen molar-refractivity contribution in [1.82, 2.24) is 28.8 Å². The molecule has 0 bridgehead atoms. The largest absolute Gasteiger partial charge is 0.377 e. The summed E-state index contributed by atoms with van der Waals surface area (Å²) in [5, 5.41) is 6.50. The maximum Gasteiger partial charge on any atom is 0.291 e. The van der Waals surface area contributed by atoms with E-state index in [0.717, 1.165) is 14.9 Å². The van der Waals surface area contributed by atoms with Crippen LogP contribution in [-0.4, -0.2) is 116 Å². The molecule has 5 heterocycles. The van der Waals surface area contributed by atoms with E-state index in [2.05, 4.69) is 34.8 Å². The molecule has 0 aromatic carbocycles. The Hall–Kier alpha value is -2.71. The Morgan fingerprint density at radius 1 is 1.21 bits per heavy atom. The Kier molecular flexibility index (Phi) is 9.93. The van der Waals surface area contributed by atoms with Crippen LogP contribution in [0.3, 0.4) is 0 Å². The SMILES string of the molecule is [2H]c1nc(-c2nnc(C(F)F)s2)n2cc(S(=O)(=O)N(COCC[Si](C)(C)C)C3(CF)COC3)c(F)c(N3CCN(C(=O)C(C)C)CC3)c12. The first-order valence-electron chi connectivity index (χ1n) is 15.6. The monoisotopic (exact) mass is 722 g/mol. The van der Waals surface area contributed by atoms with Gasteiger partial charge in [-0.3, -0.25) is 9.20 Å². The normalized spacial score (nSPS) is 17.7. The molecule has 3 aromatic rings. The molecule has 0 radical (unpaired) electrons. The first kappa shape index (κ1) is 34.2. The predicted octanol–water partition coefficient (Wildman–Crippen LogP) is 4.28. The third kappa shape index (κ3) is 7.05. The van der Waals surface area contributed by atoms with Crippen LogP contribution < -0.4 is 4.90 Å². The van der Waals surface area contributed by atoms with Crippen LogP contribution in [0.15, 0.2) is 17.3 Å². The maximum atomic E-state index is 17.0. The van der Waals surface area contributed by atoms with E-state index in [-0.39, 0.29) is 79.9 Å². The van der Waals surface area contributed by atoms with E-state index in [1.165, 1.54) is 4.90 Å². The molecule has 5 rings (SSSR count). The molecule has 3 aromatic heterocycles. The van der Waals surface area contributed by atoms with E-state index >= 15 is 4.39 Å². The number of alkyl halides is 3. The Morgan fingerprint density at radius 3 is 2.43 bits per heavy atom. The van der Waals surface area contributed by atoms with E-state index in [1.807, 2.05) is 0 Å². The van der Waals surface area contributed by atoms with Gasteiger partial charge in [0.1, 0.15) is 29.5 Å². The average molecular weight is 723 g/mol. The number of carbonyl (C=O) groups is 1. The number of pyridine rings is 1. The second-order valence-electron chi connectivity index (χ2n) is 13.2. The fraction of sp³-hybridized carbons (Fsp3) is 0.643. The smallest absolute Gasteiger partial charge is 0.291 e. The topological polar surface area (TPSA) is 122 Å². The summed E-state index contributed by atoms with van der Waals surface area (Å²) in [7, 11) is -6.47. The predicted molar refractivity (Wildman–Crippen MR) is 170 cm³/mol.